The highest BCUT2D eigenvalue weighted by Gasteiger charge is 2.24. The number of ether oxygens (including phenoxy) is 1. The molecule has 26 heavy (non-hydrogen) atoms. The van der Waals surface area contributed by atoms with E-state index < -0.39 is 0 Å². The number of rotatable bonds is 5. The van der Waals surface area contributed by atoms with Gasteiger partial charge in [0.1, 0.15) is 5.75 Å². The van der Waals surface area contributed by atoms with Crippen LogP contribution in [0.3, 0.4) is 0 Å². The van der Waals surface area contributed by atoms with E-state index in [4.69, 9.17) is 4.74 Å². The lowest BCUT2D eigenvalue weighted by Gasteiger charge is -2.28. The molecule has 2 amide bonds. The Morgan fingerprint density at radius 3 is 2.88 bits per heavy atom. The summed E-state index contributed by atoms with van der Waals surface area (Å²) >= 11 is 0. The molecule has 0 saturated carbocycles. The van der Waals surface area contributed by atoms with Crippen LogP contribution in [0, 0.1) is 6.92 Å². The van der Waals surface area contributed by atoms with Crippen LogP contribution in [0.15, 0.2) is 55.1 Å². The number of nitrogens with one attached hydrogen (secondary N) is 2. The Kier molecular flexibility index (Phi) is 5.37. The first kappa shape index (κ1) is 17.7. The lowest BCUT2D eigenvalue weighted by atomic mass is 9.97. The Bertz CT molecular complexity index is 845. The second kappa shape index (κ2) is 7.87. The molecule has 2 aromatic rings. The Labute approximate surface area is 153 Å². The quantitative estimate of drug-likeness (QED) is 0.813. The van der Waals surface area contributed by atoms with Crippen molar-refractivity contribution in [2.45, 2.75) is 25.8 Å². The van der Waals surface area contributed by atoms with E-state index in [1.54, 1.807) is 12.1 Å². The molecule has 1 atom stereocenters. The van der Waals surface area contributed by atoms with Gasteiger partial charge in [0.25, 0.3) is 0 Å². The molecule has 5 heteroatoms. The number of amides is 2. The zero-order valence-corrected chi connectivity index (χ0v) is 14.7. The first-order valence-electron chi connectivity index (χ1n) is 8.61. The number of hydrogen-bond donors (Lipinski definition) is 2. The largest absolute Gasteiger partial charge is 0.493 e. The second-order valence-corrected chi connectivity index (χ2v) is 6.32. The molecule has 0 saturated heterocycles. The van der Waals surface area contributed by atoms with E-state index in [9.17, 15) is 9.59 Å². The van der Waals surface area contributed by atoms with Gasteiger partial charge >= 0.3 is 0 Å². The molecular weight excluding hydrogens is 328 g/mol. The highest BCUT2D eigenvalue weighted by molar-refractivity contribution is 5.98. The minimum atomic E-state index is -0.277. The first-order chi connectivity index (χ1) is 12.6. The van der Waals surface area contributed by atoms with Crippen LogP contribution in [-0.2, 0) is 16.0 Å². The molecule has 1 heterocycles. The summed E-state index contributed by atoms with van der Waals surface area (Å²) in [5.41, 5.74) is 3.58. The zero-order valence-electron chi connectivity index (χ0n) is 14.7. The molecule has 0 bridgehead atoms. The topological polar surface area (TPSA) is 67.4 Å². The summed E-state index contributed by atoms with van der Waals surface area (Å²) in [4.78, 5) is 23.9. The van der Waals surface area contributed by atoms with Gasteiger partial charge in [0.05, 0.1) is 19.1 Å². The molecule has 5 nitrogen and oxygen atoms in total. The summed E-state index contributed by atoms with van der Waals surface area (Å²) in [5, 5.41) is 5.80. The summed E-state index contributed by atoms with van der Waals surface area (Å²) in [6.45, 7) is 6.03. The number of anilines is 1. The van der Waals surface area contributed by atoms with E-state index in [0.29, 0.717) is 12.3 Å². The van der Waals surface area contributed by atoms with E-state index in [1.807, 2.05) is 37.3 Å². The molecule has 0 aromatic heterocycles. The zero-order chi connectivity index (χ0) is 18.5. The van der Waals surface area contributed by atoms with Gasteiger partial charge in [-0.05, 0) is 36.3 Å². The van der Waals surface area contributed by atoms with E-state index in [1.165, 1.54) is 6.08 Å². The minimum Gasteiger partial charge on any atom is -0.493 e. The number of para-hydroxylation sites is 1. The van der Waals surface area contributed by atoms with Gasteiger partial charge in [-0.2, -0.15) is 0 Å². The van der Waals surface area contributed by atoms with Crippen LogP contribution < -0.4 is 15.4 Å². The standard InChI is InChI=1S/C21H22N2O3/c1-3-19(24)22-16-8-5-7-15(12-16)13-20(25)23-18-10-11-26-21-14(2)6-4-9-17(18)21/h3-9,12,18H,1,10-11,13H2,2H3,(H,22,24)(H,23,25). The molecule has 2 aromatic carbocycles. The molecule has 0 radical (unpaired) electrons. The maximum Gasteiger partial charge on any atom is 0.247 e. The fourth-order valence-electron chi connectivity index (χ4n) is 3.11. The van der Waals surface area contributed by atoms with Gasteiger partial charge in [-0.1, -0.05) is 36.9 Å². The SMILES string of the molecule is C=CC(=O)Nc1cccc(CC(=O)NC2CCOc3c(C)cccc32)c1. The fourth-order valence-corrected chi connectivity index (χ4v) is 3.11. The Hall–Kier alpha value is -3.08. The van der Waals surface area contributed by atoms with Crippen LogP contribution in [0.4, 0.5) is 5.69 Å². The van der Waals surface area contributed by atoms with Gasteiger partial charge in [0.2, 0.25) is 11.8 Å². The van der Waals surface area contributed by atoms with Gasteiger partial charge < -0.3 is 15.4 Å². The third kappa shape index (κ3) is 4.11. The van der Waals surface area contributed by atoms with Crippen molar-refractivity contribution in [1.82, 2.24) is 5.32 Å². The van der Waals surface area contributed by atoms with E-state index in [-0.39, 0.29) is 24.3 Å². The number of fused-ring (bicyclic) bond motifs is 1. The lowest BCUT2D eigenvalue weighted by Crippen LogP contribution is -2.33. The summed E-state index contributed by atoms with van der Waals surface area (Å²) < 4.78 is 5.75. The Balaban J connectivity index is 1.67. The lowest BCUT2D eigenvalue weighted by molar-refractivity contribution is -0.121. The van der Waals surface area contributed by atoms with Crippen molar-refractivity contribution in [2.75, 3.05) is 11.9 Å². The van der Waals surface area contributed by atoms with Crippen molar-refractivity contribution in [3.8, 4) is 5.75 Å². The molecule has 2 N–H and O–H groups in total. The number of carbonyl (C=O) groups is 2. The number of benzene rings is 2. The molecular formula is C21H22N2O3. The fraction of sp³-hybridized carbons (Fsp3) is 0.238. The molecule has 0 fully saturated rings. The normalized spacial score (nSPS) is 15.3. The highest BCUT2D eigenvalue weighted by atomic mass is 16.5. The first-order valence-corrected chi connectivity index (χ1v) is 8.61. The number of carbonyl (C=O) groups excluding carboxylic acids is 2. The third-order valence-electron chi connectivity index (χ3n) is 4.35. The molecule has 134 valence electrons. The molecule has 0 aliphatic carbocycles. The molecule has 3 rings (SSSR count). The predicted molar refractivity (Wildman–Crippen MR) is 101 cm³/mol. The van der Waals surface area contributed by atoms with Crippen molar-refractivity contribution >= 4 is 17.5 Å². The summed E-state index contributed by atoms with van der Waals surface area (Å²) in [5.74, 6) is 0.538. The molecule has 0 spiro atoms. The van der Waals surface area contributed by atoms with Crippen molar-refractivity contribution < 1.29 is 14.3 Å². The van der Waals surface area contributed by atoms with Crippen molar-refractivity contribution in [3.63, 3.8) is 0 Å². The van der Waals surface area contributed by atoms with Gasteiger partial charge in [0.15, 0.2) is 0 Å². The van der Waals surface area contributed by atoms with Crippen molar-refractivity contribution in [1.29, 1.82) is 0 Å². The smallest absolute Gasteiger partial charge is 0.247 e. The summed E-state index contributed by atoms with van der Waals surface area (Å²) in [7, 11) is 0. The average Bonchev–Trinajstić information content (AvgIpc) is 2.63. The molecule has 1 aliphatic rings. The minimum absolute atomic E-state index is 0.0465. The monoisotopic (exact) mass is 350 g/mol. The highest BCUT2D eigenvalue weighted by Crippen LogP contribution is 2.34. The molecule has 1 aliphatic heterocycles. The van der Waals surface area contributed by atoms with Gasteiger partial charge in [-0.25, -0.2) is 0 Å². The van der Waals surface area contributed by atoms with Gasteiger partial charge in [0, 0.05) is 17.7 Å². The Morgan fingerprint density at radius 2 is 2.08 bits per heavy atom. The van der Waals surface area contributed by atoms with Crippen LogP contribution in [0.2, 0.25) is 0 Å². The van der Waals surface area contributed by atoms with Crippen LogP contribution >= 0.6 is 0 Å². The van der Waals surface area contributed by atoms with E-state index in [0.717, 1.165) is 28.9 Å². The van der Waals surface area contributed by atoms with Crippen LogP contribution in [0.25, 0.3) is 0 Å². The summed E-state index contributed by atoms with van der Waals surface area (Å²) in [6, 6.07) is 13.2. The van der Waals surface area contributed by atoms with Crippen LogP contribution in [-0.4, -0.2) is 18.4 Å². The van der Waals surface area contributed by atoms with E-state index in [2.05, 4.69) is 17.2 Å². The molecule has 1 unspecified atom stereocenters. The summed E-state index contributed by atoms with van der Waals surface area (Å²) in [6.07, 6.45) is 2.21. The van der Waals surface area contributed by atoms with Crippen molar-refractivity contribution in [2.24, 2.45) is 0 Å². The van der Waals surface area contributed by atoms with Crippen LogP contribution in [0.5, 0.6) is 5.75 Å². The third-order valence-corrected chi connectivity index (χ3v) is 4.35. The predicted octanol–water partition coefficient (Wildman–Crippen LogP) is 3.30. The van der Waals surface area contributed by atoms with Crippen molar-refractivity contribution in [3.05, 3.63) is 71.8 Å². The Morgan fingerprint density at radius 1 is 1.27 bits per heavy atom. The number of hydrogen-bond acceptors (Lipinski definition) is 3. The van der Waals surface area contributed by atoms with Gasteiger partial charge in [-0.15, -0.1) is 0 Å². The second-order valence-electron chi connectivity index (χ2n) is 6.32. The van der Waals surface area contributed by atoms with Gasteiger partial charge in [-0.3, -0.25) is 9.59 Å². The maximum absolute atomic E-state index is 12.5. The number of aryl methyl sites for hydroxylation is 1. The average molecular weight is 350 g/mol. The maximum atomic E-state index is 12.5. The van der Waals surface area contributed by atoms with E-state index >= 15 is 0 Å². The van der Waals surface area contributed by atoms with Crippen LogP contribution in [0.1, 0.15) is 29.2 Å².